The molecule has 2 atom stereocenters. The van der Waals surface area contributed by atoms with Crippen LogP contribution >= 0.6 is 0 Å². The molecule has 2 aromatic rings. The van der Waals surface area contributed by atoms with E-state index in [-0.39, 0.29) is 5.91 Å². The minimum absolute atomic E-state index is 0.196. The molecule has 3 heterocycles. The highest BCUT2D eigenvalue weighted by Gasteiger charge is 2.44. The summed E-state index contributed by atoms with van der Waals surface area (Å²) in [6.07, 6.45) is 7.58. The molecule has 2 fully saturated rings. The Morgan fingerprint density at radius 1 is 1.04 bits per heavy atom. The van der Waals surface area contributed by atoms with Gasteiger partial charge >= 0.3 is 0 Å². The van der Waals surface area contributed by atoms with Gasteiger partial charge in [-0.25, -0.2) is 0 Å². The van der Waals surface area contributed by atoms with Crippen molar-refractivity contribution in [3.63, 3.8) is 0 Å². The molecular weight excluding hydrogens is 288 g/mol. The molecule has 2 aliphatic heterocycles. The molecular formula is C18H22N4O. The molecule has 4 rings (SSSR count). The lowest BCUT2D eigenvalue weighted by Gasteiger charge is -2.38. The van der Waals surface area contributed by atoms with E-state index in [0.29, 0.717) is 18.1 Å². The van der Waals surface area contributed by atoms with Gasteiger partial charge in [0.1, 0.15) is 0 Å². The summed E-state index contributed by atoms with van der Waals surface area (Å²) in [7, 11) is 0. The van der Waals surface area contributed by atoms with Crippen LogP contribution in [0.5, 0.6) is 0 Å². The fourth-order valence-electron chi connectivity index (χ4n) is 4.28. The minimum atomic E-state index is 0.196. The van der Waals surface area contributed by atoms with Crippen molar-refractivity contribution in [1.82, 2.24) is 19.9 Å². The first kappa shape index (κ1) is 14.4. The normalized spacial score (nSPS) is 26.5. The lowest BCUT2D eigenvalue weighted by Crippen LogP contribution is -2.47. The summed E-state index contributed by atoms with van der Waals surface area (Å²) in [6.45, 7) is 4.09. The number of fused-ring (bicyclic) bond motifs is 2. The average molecular weight is 310 g/mol. The molecule has 0 radical (unpaired) electrons. The van der Waals surface area contributed by atoms with Gasteiger partial charge < -0.3 is 4.90 Å². The summed E-state index contributed by atoms with van der Waals surface area (Å²) in [6, 6.07) is 7.06. The molecule has 2 saturated heterocycles. The van der Waals surface area contributed by atoms with Gasteiger partial charge in [-0.15, -0.1) is 0 Å². The van der Waals surface area contributed by atoms with E-state index in [9.17, 15) is 4.79 Å². The number of hydrogen-bond donors (Lipinski definition) is 0. The first-order valence-electron chi connectivity index (χ1n) is 8.39. The second-order valence-corrected chi connectivity index (χ2v) is 6.89. The highest BCUT2D eigenvalue weighted by atomic mass is 16.2. The Balaban J connectivity index is 1.58. The van der Waals surface area contributed by atoms with E-state index < -0.39 is 0 Å². The molecule has 1 amide bonds. The summed E-state index contributed by atoms with van der Waals surface area (Å²) in [5.74, 6) is 0.196. The van der Waals surface area contributed by atoms with E-state index in [4.69, 9.17) is 0 Å². The Morgan fingerprint density at radius 2 is 1.70 bits per heavy atom. The molecule has 0 N–H and O–H groups in total. The van der Waals surface area contributed by atoms with Crippen molar-refractivity contribution in [3.8, 4) is 0 Å². The molecule has 5 nitrogen and oxygen atoms in total. The molecule has 1 aromatic heterocycles. The molecule has 0 saturated carbocycles. The molecule has 2 aliphatic rings. The Morgan fingerprint density at radius 3 is 2.30 bits per heavy atom. The molecule has 2 bridgehead atoms. The number of benzene rings is 1. The molecule has 5 heteroatoms. The third-order valence-corrected chi connectivity index (χ3v) is 5.32. The Labute approximate surface area is 136 Å². The fraction of sp³-hybridized carbons (Fsp3) is 0.500. The van der Waals surface area contributed by atoms with Crippen molar-refractivity contribution >= 4 is 5.91 Å². The maximum Gasteiger partial charge on any atom is 0.254 e. The number of hydrogen-bond acceptors (Lipinski definition) is 3. The first-order valence-corrected chi connectivity index (χ1v) is 8.39. The minimum Gasteiger partial charge on any atom is -0.333 e. The standard InChI is InChI=1S/C18H22N4O/c1-12-3-6-17(13(2)9-12)18(23)21-14-4-5-15(21)11-16(10-14)22-19-7-8-20-22/h3,6-9,14-16H,4-5,10-11H2,1-2H3. The van der Waals surface area contributed by atoms with Gasteiger partial charge in [-0.05, 0) is 51.2 Å². The van der Waals surface area contributed by atoms with Gasteiger partial charge in [0.05, 0.1) is 18.4 Å². The summed E-state index contributed by atoms with van der Waals surface area (Å²) < 4.78 is 0. The second-order valence-electron chi connectivity index (χ2n) is 6.89. The van der Waals surface area contributed by atoms with Crippen LogP contribution in [-0.4, -0.2) is 37.9 Å². The molecule has 0 aliphatic carbocycles. The van der Waals surface area contributed by atoms with E-state index in [1.165, 1.54) is 5.56 Å². The van der Waals surface area contributed by atoms with Crippen LogP contribution in [0.25, 0.3) is 0 Å². The molecule has 0 spiro atoms. The molecule has 2 unspecified atom stereocenters. The number of nitrogens with zero attached hydrogens (tertiary/aromatic N) is 4. The highest BCUT2D eigenvalue weighted by Crippen LogP contribution is 2.41. The zero-order valence-electron chi connectivity index (χ0n) is 13.6. The van der Waals surface area contributed by atoms with Crippen LogP contribution in [0.2, 0.25) is 0 Å². The number of aryl methyl sites for hydroxylation is 2. The Hall–Kier alpha value is -2.17. The lowest BCUT2D eigenvalue weighted by atomic mass is 9.95. The van der Waals surface area contributed by atoms with Gasteiger partial charge in [-0.2, -0.15) is 15.0 Å². The van der Waals surface area contributed by atoms with Crippen LogP contribution in [0.3, 0.4) is 0 Å². The van der Waals surface area contributed by atoms with E-state index in [1.54, 1.807) is 12.4 Å². The summed E-state index contributed by atoms with van der Waals surface area (Å²) >= 11 is 0. The van der Waals surface area contributed by atoms with Gasteiger partial charge in [0, 0.05) is 17.6 Å². The van der Waals surface area contributed by atoms with Crippen LogP contribution in [0.1, 0.15) is 53.2 Å². The fourth-order valence-corrected chi connectivity index (χ4v) is 4.28. The monoisotopic (exact) mass is 310 g/mol. The SMILES string of the molecule is Cc1ccc(C(=O)N2C3CCC2CC(n2nccn2)C3)c(C)c1. The largest absolute Gasteiger partial charge is 0.333 e. The third-order valence-electron chi connectivity index (χ3n) is 5.32. The van der Waals surface area contributed by atoms with Crippen molar-refractivity contribution in [1.29, 1.82) is 0 Å². The number of carbonyl (C=O) groups excluding carboxylic acids is 1. The maximum absolute atomic E-state index is 13.1. The summed E-state index contributed by atoms with van der Waals surface area (Å²) in [4.78, 5) is 17.0. The number of rotatable bonds is 2. The maximum atomic E-state index is 13.1. The predicted molar refractivity (Wildman–Crippen MR) is 87.2 cm³/mol. The van der Waals surface area contributed by atoms with Crippen LogP contribution in [0, 0.1) is 13.8 Å². The van der Waals surface area contributed by atoms with E-state index in [1.807, 2.05) is 23.9 Å². The molecule has 1 aromatic carbocycles. The predicted octanol–water partition coefficient (Wildman–Crippen LogP) is 2.90. The van der Waals surface area contributed by atoms with Gasteiger partial charge in [0.2, 0.25) is 0 Å². The first-order chi connectivity index (χ1) is 11.1. The summed E-state index contributed by atoms with van der Waals surface area (Å²) in [5.41, 5.74) is 3.12. The van der Waals surface area contributed by atoms with Crippen molar-refractivity contribution < 1.29 is 4.79 Å². The second kappa shape index (κ2) is 5.48. The van der Waals surface area contributed by atoms with Crippen LogP contribution in [0.15, 0.2) is 30.6 Å². The van der Waals surface area contributed by atoms with Gasteiger partial charge in [0.15, 0.2) is 0 Å². The van der Waals surface area contributed by atoms with Crippen LogP contribution < -0.4 is 0 Å². The van der Waals surface area contributed by atoms with E-state index in [2.05, 4.69) is 28.1 Å². The van der Waals surface area contributed by atoms with Crippen molar-refractivity contribution in [2.24, 2.45) is 0 Å². The highest BCUT2D eigenvalue weighted by molar-refractivity contribution is 5.96. The number of aromatic nitrogens is 3. The number of carbonyl (C=O) groups is 1. The zero-order valence-corrected chi connectivity index (χ0v) is 13.6. The van der Waals surface area contributed by atoms with Gasteiger partial charge in [-0.3, -0.25) is 4.79 Å². The Kier molecular flexibility index (Phi) is 3.43. The van der Waals surface area contributed by atoms with Gasteiger partial charge in [0.25, 0.3) is 5.91 Å². The average Bonchev–Trinajstić information content (AvgIpc) is 3.13. The summed E-state index contributed by atoms with van der Waals surface area (Å²) in [5, 5.41) is 8.58. The Bertz CT molecular complexity index is 711. The van der Waals surface area contributed by atoms with Crippen molar-refractivity contribution in [2.75, 3.05) is 0 Å². The third kappa shape index (κ3) is 2.44. The topological polar surface area (TPSA) is 51.0 Å². The van der Waals surface area contributed by atoms with E-state index in [0.717, 1.165) is 36.8 Å². The lowest BCUT2D eigenvalue weighted by molar-refractivity contribution is 0.0511. The quantitative estimate of drug-likeness (QED) is 0.857. The number of amides is 1. The molecule has 23 heavy (non-hydrogen) atoms. The van der Waals surface area contributed by atoms with Gasteiger partial charge in [-0.1, -0.05) is 17.7 Å². The smallest absolute Gasteiger partial charge is 0.254 e. The van der Waals surface area contributed by atoms with Crippen molar-refractivity contribution in [3.05, 3.63) is 47.3 Å². The van der Waals surface area contributed by atoms with Crippen LogP contribution in [0.4, 0.5) is 0 Å². The molecule has 120 valence electrons. The van der Waals surface area contributed by atoms with E-state index >= 15 is 0 Å². The van der Waals surface area contributed by atoms with Crippen LogP contribution in [-0.2, 0) is 0 Å². The zero-order chi connectivity index (χ0) is 16.0. The van der Waals surface area contributed by atoms with Crippen molar-refractivity contribution in [2.45, 2.75) is 57.7 Å². The number of piperidine rings is 1.